The molecule has 0 spiro atoms. The summed E-state index contributed by atoms with van der Waals surface area (Å²) in [4.78, 5) is 32.5. The van der Waals surface area contributed by atoms with Crippen LogP contribution in [0.25, 0.3) is 11.0 Å². The number of aromatic nitrogens is 2. The summed E-state index contributed by atoms with van der Waals surface area (Å²) < 4.78 is 1.95. The van der Waals surface area contributed by atoms with Crippen LogP contribution in [0.1, 0.15) is 31.4 Å². The van der Waals surface area contributed by atoms with E-state index in [1.807, 2.05) is 65.8 Å². The number of rotatable bonds is 6. The number of aryl methyl sites for hydroxylation is 2. The number of thioether (sulfide) groups is 1. The summed E-state index contributed by atoms with van der Waals surface area (Å²) in [5.74, 6) is 1.27. The van der Waals surface area contributed by atoms with Crippen LogP contribution in [0.15, 0.2) is 47.6 Å². The number of likely N-dealkylation sites (tertiary alicyclic amines) is 1. The first-order valence-corrected chi connectivity index (χ1v) is 12.5. The fourth-order valence-corrected chi connectivity index (χ4v) is 5.38. The highest BCUT2D eigenvalue weighted by atomic mass is 32.2. The predicted octanol–water partition coefficient (Wildman–Crippen LogP) is 4.89. The Labute approximate surface area is 199 Å². The van der Waals surface area contributed by atoms with Crippen molar-refractivity contribution in [3.8, 4) is 0 Å². The van der Waals surface area contributed by atoms with Crippen LogP contribution in [0, 0.1) is 25.7 Å². The summed E-state index contributed by atoms with van der Waals surface area (Å²) >= 11 is 1.37. The number of fused-ring (bicyclic) bond motifs is 1. The molecule has 0 radical (unpaired) electrons. The lowest BCUT2D eigenvalue weighted by atomic mass is 9.92. The van der Waals surface area contributed by atoms with E-state index in [2.05, 4.69) is 19.2 Å². The minimum atomic E-state index is -0.0909. The van der Waals surface area contributed by atoms with Gasteiger partial charge in [-0.05, 0) is 67.5 Å². The largest absolute Gasteiger partial charge is 0.341 e. The zero-order valence-corrected chi connectivity index (χ0v) is 20.6. The van der Waals surface area contributed by atoms with Gasteiger partial charge in [-0.3, -0.25) is 9.59 Å². The Kier molecular flexibility index (Phi) is 7.08. The van der Waals surface area contributed by atoms with Crippen LogP contribution < -0.4 is 5.32 Å². The molecule has 1 N–H and O–H groups in total. The van der Waals surface area contributed by atoms with Gasteiger partial charge in [0.2, 0.25) is 11.8 Å². The fourth-order valence-electron chi connectivity index (χ4n) is 4.56. The number of carbonyl (C=O) groups excluding carboxylic acids is 2. The molecule has 0 aliphatic carbocycles. The zero-order valence-electron chi connectivity index (χ0n) is 19.8. The maximum absolute atomic E-state index is 13.2. The second-order valence-electron chi connectivity index (χ2n) is 9.35. The van der Waals surface area contributed by atoms with Gasteiger partial charge in [-0.25, -0.2) is 4.98 Å². The van der Waals surface area contributed by atoms with E-state index < -0.39 is 0 Å². The van der Waals surface area contributed by atoms with Gasteiger partial charge in [0.05, 0.1) is 16.8 Å². The first-order valence-electron chi connectivity index (χ1n) is 11.5. The van der Waals surface area contributed by atoms with Crippen LogP contribution in [-0.2, 0) is 16.1 Å². The molecule has 6 nitrogen and oxygen atoms in total. The Morgan fingerprint density at radius 1 is 1.06 bits per heavy atom. The summed E-state index contributed by atoms with van der Waals surface area (Å²) in [6.45, 7) is 10.3. The van der Waals surface area contributed by atoms with E-state index in [-0.39, 0.29) is 24.1 Å². The number of hydrogen-bond donors (Lipinski definition) is 1. The molecule has 2 aromatic carbocycles. The maximum Gasteiger partial charge on any atom is 0.242 e. The van der Waals surface area contributed by atoms with Crippen molar-refractivity contribution in [1.29, 1.82) is 0 Å². The van der Waals surface area contributed by atoms with Gasteiger partial charge in [0.15, 0.2) is 5.16 Å². The number of imidazole rings is 1. The monoisotopic (exact) mass is 464 g/mol. The second-order valence-corrected chi connectivity index (χ2v) is 10.3. The van der Waals surface area contributed by atoms with Crippen LogP contribution in [0.4, 0.5) is 5.69 Å². The molecule has 1 aliphatic heterocycles. The van der Waals surface area contributed by atoms with Gasteiger partial charge in [-0.15, -0.1) is 0 Å². The van der Waals surface area contributed by atoms with E-state index >= 15 is 0 Å². The van der Waals surface area contributed by atoms with Gasteiger partial charge in [0.25, 0.3) is 0 Å². The molecule has 2 atom stereocenters. The van der Waals surface area contributed by atoms with Crippen molar-refractivity contribution in [2.75, 3.05) is 24.2 Å². The van der Waals surface area contributed by atoms with Crippen molar-refractivity contribution in [3.63, 3.8) is 0 Å². The van der Waals surface area contributed by atoms with Crippen molar-refractivity contribution in [3.05, 3.63) is 53.6 Å². The van der Waals surface area contributed by atoms with Gasteiger partial charge in [-0.2, -0.15) is 0 Å². The Hall–Kier alpha value is -2.80. The fraction of sp³-hybridized carbons (Fsp3) is 0.423. The van der Waals surface area contributed by atoms with Crippen molar-refractivity contribution in [1.82, 2.24) is 14.5 Å². The highest BCUT2D eigenvalue weighted by Gasteiger charge is 2.26. The summed E-state index contributed by atoms with van der Waals surface area (Å²) in [5, 5.41) is 3.66. The minimum absolute atomic E-state index is 0.0909. The lowest BCUT2D eigenvalue weighted by molar-refractivity contribution is -0.134. The third-order valence-electron chi connectivity index (χ3n) is 6.26. The molecule has 1 aliphatic rings. The van der Waals surface area contributed by atoms with Gasteiger partial charge >= 0.3 is 0 Å². The summed E-state index contributed by atoms with van der Waals surface area (Å²) in [5.41, 5.74) is 4.88. The molecule has 1 saturated heterocycles. The number of para-hydroxylation sites is 2. The number of nitrogens with zero attached hydrogens (tertiary/aromatic N) is 3. The van der Waals surface area contributed by atoms with Crippen molar-refractivity contribution < 1.29 is 9.59 Å². The second kappa shape index (κ2) is 10.00. The SMILES string of the molecule is Cc1ccc(NC(=O)CSc2nc3ccccc3n2CC(=O)N2C[C@@H](C)C[C@H](C)C2)cc1C. The van der Waals surface area contributed by atoms with Gasteiger partial charge < -0.3 is 14.8 Å². The molecular formula is C26H32N4O2S. The number of carbonyl (C=O) groups is 2. The maximum atomic E-state index is 13.2. The number of anilines is 1. The number of piperidine rings is 1. The zero-order chi connectivity index (χ0) is 23.5. The average molecular weight is 465 g/mol. The highest BCUT2D eigenvalue weighted by molar-refractivity contribution is 7.99. The van der Waals surface area contributed by atoms with Crippen LogP contribution in [0.2, 0.25) is 0 Å². The smallest absolute Gasteiger partial charge is 0.242 e. The normalized spacial score (nSPS) is 18.5. The van der Waals surface area contributed by atoms with Crippen LogP contribution in [-0.4, -0.2) is 45.1 Å². The Balaban J connectivity index is 1.48. The minimum Gasteiger partial charge on any atom is -0.341 e. The van der Waals surface area contributed by atoms with Crippen LogP contribution in [0.3, 0.4) is 0 Å². The molecule has 1 aromatic heterocycles. The summed E-state index contributed by atoms with van der Waals surface area (Å²) in [7, 11) is 0. The highest BCUT2D eigenvalue weighted by Crippen LogP contribution is 2.26. The van der Waals surface area contributed by atoms with Gasteiger partial charge in [-0.1, -0.05) is 43.8 Å². The number of benzene rings is 2. The van der Waals surface area contributed by atoms with Crippen LogP contribution >= 0.6 is 11.8 Å². The summed E-state index contributed by atoms with van der Waals surface area (Å²) in [6.07, 6.45) is 1.16. The number of amides is 2. The van der Waals surface area contributed by atoms with E-state index in [0.29, 0.717) is 17.0 Å². The molecule has 3 aromatic rings. The van der Waals surface area contributed by atoms with E-state index in [1.165, 1.54) is 17.3 Å². The molecule has 7 heteroatoms. The number of hydrogen-bond acceptors (Lipinski definition) is 4. The molecular weight excluding hydrogens is 432 g/mol. The van der Waals surface area contributed by atoms with Gasteiger partial charge in [0, 0.05) is 18.8 Å². The molecule has 1 fully saturated rings. The molecule has 0 unspecified atom stereocenters. The molecule has 33 heavy (non-hydrogen) atoms. The lowest BCUT2D eigenvalue weighted by Gasteiger charge is -2.35. The van der Waals surface area contributed by atoms with E-state index in [9.17, 15) is 9.59 Å². The summed E-state index contributed by atoms with van der Waals surface area (Å²) in [6, 6.07) is 13.7. The van der Waals surface area contributed by atoms with Gasteiger partial charge in [0.1, 0.15) is 6.54 Å². The molecule has 2 amide bonds. The standard InChI is InChI=1S/C26H32N4O2S/c1-17-11-18(2)14-29(13-17)25(32)15-30-23-8-6-5-7-22(23)28-26(30)33-16-24(31)27-21-10-9-19(3)20(4)12-21/h5-10,12,17-18H,11,13-16H2,1-4H3,(H,27,31)/t17-,18-/m0/s1. The van der Waals surface area contributed by atoms with Crippen molar-refractivity contribution in [2.45, 2.75) is 45.8 Å². The first-order chi connectivity index (χ1) is 15.8. The van der Waals surface area contributed by atoms with E-state index in [4.69, 9.17) is 4.98 Å². The lowest BCUT2D eigenvalue weighted by Crippen LogP contribution is -2.44. The Morgan fingerprint density at radius 3 is 2.52 bits per heavy atom. The predicted molar refractivity (Wildman–Crippen MR) is 135 cm³/mol. The quantitative estimate of drug-likeness (QED) is 0.528. The van der Waals surface area contributed by atoms with Crippen molar-refractivity contribution in [2.24, 2.45) is 11.8 Å². The molecule has 0 bridgehead atoms. The van der Waals surface area contributed by atoms with Crippen LogP contribution in [0.5, 0.6) is 0 Å². The van der Waals surface area contributed by atoms with E-state index in [1.54, 1.807) is 0 Å². The Morgan fingerprint density at radius 2 is 1.79 bits per heavy atom. The molecule has 0 saturated carbocycles. The number of nitrogens with one attached hydrogen (secondary N) is 1. The third-order valence-corrected chi connectivity index (χ3v) is 7.23. The average Bonchev–Trinajstić information content (AvgIpc) is 3.11. The van der Waals surface area contributed by atoms with Crippen molar-refractivity contribution >= 4 is 40.3 Å². The third kappa shape index (κ3) is 5.58. The first kappa shape index (κ1) is 23.4. The molecule has 4 rings (SSSR count). The Bertz CT molecular complexity index is 1160. The molecule has 174 valence electrons. The topological polar surface area (TPSA) is 67.2 Å². The van der Waals surface area contributed by atoms with E-state index in [0.717, 1.165) is 41.8 Å². The molecule has 2 heterocycles.